The summed E-state index contributed by atoms with van der Waals surface area (Å²) in [5.74, 6) is -0.153. The first-order chi connectivity index (χ1) is 17.8. The molecule has 1 saturated carbocycles. The molecular weight excluding hydrogens is 521 g/mol. The summed E-state index contributed by atoms with van der Waals surface area (Å²) in [4.78, 5) is 24.1. The van der Waals surface area contributed by atoms with Crippen LogP contribution >= 0.6 is 22.2 Å². The first kappa shape index (κ1) is 30.5. The Morgan fingerprint density at radius 2 is 1.86 bits per heavy atom. The standard InChI is InChI=1S/C25H42FN3O6S2/c1-17(2)9-10-19-24(3,35-19)22-21(32-4)18(11-12-25(22)16-33-25)34-23(31)28-14-8-6-5-7-13-27-20(30)15-29-37-36-26/h9,18-19,21-22,29H,5-8,10-16H2,1-4H3,(H,27,30)(H,28,31). The maximum atomic E-state index is 12.5. The normalized spacial score (nSPS) is 32.0. The summed E-state index contributed by atoms with van der Waals surface area (Å²) in [6.45, 7) is 8.19. The second-order valence-corrected chi connectivity index (χ2v) is 11.9. The van der Waals surface area contributed by atoms with Crippen LogP contribution in [-0.4, -0.2) is 74.9 Å². The van der Waals surface area contributed by atoms with Crippen molar-refractivity contribution < 1.29 is 32.4 Å². The van der Waals surface area contributed by atoms with Crippen molar-refractivity contribution >= 4 is 34.2 Å². The number of epoxide rings is 2. The molecule has 0 aromatic heterocycles. The lowest BCUT2D eigenvalue weighted by atomic mass is 9.68. The first-order valence-corrected chi connectivity index (χ1v) is 15.2. The Balaban J connectivity index is 1.35. The molecule has 3 N–H and O–H groups in total. The number of halogens is 1. The van der Waals surface area contributed by atoms with Crippen molar-refractivity contribution in [1.82, 2.24) is 15.4 Å². The van der Waals surface area contributed by atoms with E-state index in [4.69, 9.17) is 18.9 Å². The van der Waals surface area contributed by atoms with Crippen LogP contribution in [0.5, 0.6) is 0 Å². The van der Waals surface area contributed by atoms with Crippen LogP contribution in [0, 0.1) is 5.92 Å². The molecule has 0 aromatic rings. The van der Waals surface area contributed by atoms with E-state index in [-0.39, 0.29) is 59.1 Å². The topological polar surface area (TPSA) is 114 Å². The zero-order chi connectivity index (χ0) is 26.9. The predicted molar refractivity (Wildman–Crippen MR) is 144 cm³/mol. The molecule has 2 aliphatic heterocycles. The van der Waals surface area contributed by atoms with Gasteiger partial charge in [0.25, 0.3) is 0 Å². The van der Waals surface area contributed by atoms with Gasteiger partial charge >= 0.3 is 6.09 Å². The van der Waals surface area contributed by atoms with Crippen molar-refractivity contribution in [2.24, 2.45) is 5.92 Å². The van der Waals surface area contributed by atoms with Gasteiger partial charge in [0.2, 0.25) is 5.91 Å². The van der Waals surface area contributed by atoms with E-state index >= 15 is 0 Å². The van der Waals surface area contributed by atoms with Gasteiger partial charge in [-0.15, -0.1) is 0 Å². The Morgan fingerprint density at radius 1 is 1.16 bits per heavy atom. The van der Waals surface area contributed by atoms with Gasteiger partial charge in [0.15, 0.2) is 0 Å². The Labute approximate surface area is 227 Å². The van der Waals surface area contributed by atoms with Crippen LogP contribution in [0.1, 0.15) is 65.7 Å². The van der Waals surface area contributed by atoms with Gasteiger partial charge in [-0.25, -0.2) is 9.52 Å². The van der Waals surface area contributed by atoms with Gasteiger partial charge in [0, 0.05) is 31.2 Å². The molecule has 12 heteroatoms. The van der Waals surface area contributed by atoms with Crippen LogP contribution in [0.2, 0.25) is 0 Å². The number of carbonyl (C=O) groups is 2. The highest BCUT2D eigenvalue weighted by molar-refractivity contribution is 8.74. The van der Waals surface area contributed by atoms with Gasteiger partial charge in [-0.05, 0) is 52.9 Å². The van der Waals surface area contributed by atoms with Crippen LogP contribution < -0.4 is 15.4 Å². The summed E-state index contributed by atoms with van der Waals surface area (Å²) >= 11 is 0.0726. The van der Waals surface area contributed by atoms with E-state index in [1.807, 2.05) is 0 Å². The third kappa shape index (κ3) is 8.72. The highest BCUT2D eigenvalue weighted by atomic mass is 33.1. The number of nitrogens with one attached hydrogen (secondary N) is 3. The summed E-state index contributed by atoms with van der Waals surface area (Å²) in [5, 5.41) is 5.64. The SMILES string of the molecule is COC1C(OC(=O)NCCCCCCNC(=O)CNSSF)CCC2(CO2)C1C1(C)OC1CC=C(C)C. The van der Waals surface area contributed by atoms with Crippen molar-refractivity contribution in [2.45, 2.75) is 95.2 Å². The van der Waals surface area contributed by atoms with Crippen molar-refractivity contribution in [3.63, 3.8) is 0 Å². The molecule has 2 heterocycles. The Hall–Kier alpha value is -1.05. The van der Waals surface area contributed by atoms with Crippen LogP contribution in [0.4, 0.5) is 8.68 Å². The number of carbonyl (C=O) groups excluding carboxylic acids is 2. The monoisotopic (exact) mass is 563 g/mol. The quantitative estimate of drug-likeness (QED) is 0.0834. The Kier molecular flexibility index (Phi) is 11.8. The lowest BCUT2D eigenvalue weighted by Gasteiger charge is -2.42. The van der Waals surface area contributed by atoms with E-state index in [1.165, 1.54) is 5.57 Å². The molecule has 0 bridgehead atoms. The number of hydrogen-bond acceptors (Lipinski definition) is 9. The first-order valence-electron chi connectivity index (χ1n) is 13.1. The number of alkyl carbamates (subject to hydrolysis) is 1. The summed E-state index contributed by atoms with van der Waals surface area (Å²) in [6, 6.07) is 0. The molecule has 3 fully saturated rings. The molecule has 2 saturated heterocycles. The largest absolute Gasteiger partial charge is 0.443 e. The van der Waals surface area contributed by atoms with Crippen molar-refractivity contribution in [3.05, 3.63) is 11.6 Å². The summed E-state index contributed by atoms with van der Waals surface area (Å²) in [6.07, 6.45) is 7.16. The molecule has 9 nitrogen and oxygen atoms in total. The number of hydrogen-bond donors (Lipinski definition) is 3. The van der Waals surface area contributed by atoms with Gasteiger partial charge in [-0.1, -0.05) is 24.5 Å². The van der Waals surface area contributed by atoms with E-state index in [9.17, 15) is 13.5 Å². The van der Waals surface area contributed by atoms with E-state index in [2.05, 4.69) is 42.2 Å². The second-order valence-electron chi connectivity index (χ2n) is 10.5. The van der Waals surface area contributed by atoms with Gasteiger partial charge < -0.3 is 29.6 Å². The van der Waals surface area contributed by atoms with Crippen LogP contribution in [0.15, 0.2) is 11.6 Å². The fraction of sp³-hybridized carbons (Fsp3) is 0.840. The second kappa shape index (κ2) is 14.4. The average Bonchev–Trinajstić information content (AvgIpc) is 3.77. The predicted octanol–water partition coefficient (Wildman–Crippen LogP) is 4.24. The zero-order valence-corrected chi connectivity index (χ0v) is 23.9. The fourth-order valence-corrected chi connectivity index (χ4v) is 6.00. The van der Waals surface area contributed by atoms with E-state index in [0.29, 0.717) is 26.1 Å². The molecule has 3 rings (SSSR count). The Morgan fingerprint density at radius 3 is 2.49 bits per heavy atom. The van der Waals surface area contributed by atoms with Crippen LogP contribution in [-0.2, 0) is 23.7 Å². The van der Waals surface area contributed by atoms with Crippen molar-refractivity contribution in [3.8, 4) is 0 Å². The molecular formula is C25H42FN3O6S2. The van der Waals surface area contributed by atoms with Gasteiger partial charge in [-0.2, -0.15) is 3.89 Å². The molecule has 2 amide bonds. The Bertz CT molecular complexity index is 798. The molecule has 0 radical (unpaired) electrons. The molecule has 1 aliphatic carbocycles. The molecule has 6 atom stereocenters. The number of amides is 2. The number of rotatable bonds is 16. The smallest absolute Gasteiger partial charge is 0.407 e. The minimum atomic E-state index is -0.425. The zero-order valence-electron chi connectivity index (χ0n) is 22.3. The average molecular weight is 564 g/mol. The molecule has 6 unspecified atom stereocenters. The summed E-state index contributed by atoms with van der Waals surface area (Å²) in [7, 11) is 2.46. The third-order valence-corrected chi connectivity index (χ3v) is 8.38. The minimum Gasteiger partial charge on any atom is -0.443 e. The molecule has 212 valence electrons. The maximum absolute atomic E-state index is 12.5. The lowest BCUT2D eigenvalue weighted by Crippen LogP contribution is -2.56. The summed E-state index contributed by atoms with van der Waals surface area (Å²) in [5.41, 5.74) is 0.669. The van der Waals surface area contributed by atoms with Gasteiger partial charge in [-0.3, -0.25) is 4.79 Å². The van der Waals surface area contributed by atoms with Crippen LogP contribution in [0.3, 0.4) is 0 Å². The summed E-state index contributed by atoms with van der Waals surface area (Å²) < 4.78 is 38.4. The van der Waals surface area contributed by atoms with Crippen molar-refractivity contribution in [2.75, 3.05) is 33.4 Å². The molecule has 3 aliphatic rings. The van der Waals surface area contributed by atoms with Crippen molar-refractivity contribution in [1.29, 1.82) is 0 Å². The highest BCUT2D eigenvalue weighted by Crippen LogP contribution is 2.59. The molecule has 0 aromatic carbocycles. The molecule has 1 spiro atoms. The van der Waals surface area contributed by atoms with E-state index < -0.39 is 6.09 Å². The van der Waals surface area contributed by atoms with E-state index in [1.54, 1.807) is 7.11 Å². The number of ether oxygens (including phenoxy) is 4. The highest BCUT2D eigenvalue weighted by Gasteiger charge is 2.72. The lowest BCUT2D eigenvalue weighted by molar-refractivity contribution is -0.119. The van der Waals surface area contributed by atoms with Crippen LogP contribution in [0.25, 0.3) is 0 Å². The minimum absolute atomic E-state index is 0.00437. The fourth-order valence-electron chi connectivity index (χ4n) is 5.45. The third-order valence-electron chi connectivity index (χ3n) is 7.51. The number of unbranched alkanes of at least 4 members (excludes halogenated alkanes) is 3. The van der Waals surface area contributed by atoms with Gasteiger partial charge in [0.1, 0.15) is 34.6 Å². The molecule has 37 heavy (non-hydrogen) atoms. The van der Waals surface area contributed by atoms with E-state index in [0.717, 1.165) is 49.5 Å². The maximum Gasteiger partial charge on any atom is 0.407 e. The van der Waals surface area contributed by atoms with Gasteiger partial charge in [0.05, 0.1) is 25.2 Å². The number of allylic oxidation sites excluding steroid dienone is 1. The number of methoxy groups -OCH3 is 1.